The number of anilines is 1. The number of hydrazone groups is 1. The van der Waals surface area contributed by atoms with E-state index in [-0.39, 0.29) is 16.3 Å². The molecule has 8 heteroatoms. The van der Waals surface area contributed by atoms with Crippen molar-refractivity contribution in [2.24, 2.45) is 5.10 Å². The molecule has 2 aromatic rings. The number of rotatable bonds is 5. The summed E-state index contributed by atoms with van der Waals surface area (Å²) in [5.74, 6) is -0.663. The molecule has 0 fully saturated rings. The molecule has 144 valence electrons. The predicted octanol–water partition coefficient (Wildman–Crippen LogP) is 2.53. The Morgan fingerprint density at radius 3 is 2.57 bits per heavy atom. The standard InChI is InChI=1S/C20H17ClN2O5/c1-11-15(9-12-8-14(27-2)5-7-18(12)28-3)19(24)23(22-11)13-4-6-17(21)16(10-13)20(25)26/h4-10H,1-3H3,(H,25,26)/p-1/b15-9-. The summed E-state index contributed by atoms with van der Waals surface area (Å²) in [7, 11) is 3.08. The number of hydrogen-bond acceptors (Lipinski definition) is 6. The summed E-state index contributed by atoms with van der Waals surface area (Å²) in [6.45, 7) is 1.69. The lowest BCUT2D eigenvalue weighted by Gasteiger charge is -2.14. The van der Waals surface area contributed by atoms with Crippen LogP contribution >= 0.6 is 11.6 Å². The lowest BCUT2D eigenvalue weighted by Crippen LogP contribution is -2.25. The maximum atomic E-state index is 12.9. The Labute approximate surface area is 166 Å². The highest BCUT2D eigenvalue weighted by molar-refractivity contribution is 6.34. The van der Waals surface area contributed by atoms with Gasteiger partial charge in [-0.2, -0.15) is 10.1 Å². The summed E-state index contributed by atoms with van der Waals surface area (Å²) in [5, 5.41) is 16.6. The van der Waals surface area contributed by atoms with Gasteiger partial charge in [0.15, 0.2) is 0 Å². The van der Waals surface area contributed by atoms with E-state index >= 15 is 0 Å². The third kappa shape index (κ3) is 3.57. The Balaban J connectivity index is 2.01. The van der Waals surface area contributed by atoms with Crippen molar-refractivity contribution in [3.05, 3.63) is 58.1 Å². The number of nitrogens with zero attached hydrogens (tertiary/aromatic N) is 2. The smallest absolute Gasteiger partial charge is 0.280 e. The van der Waals surface area contributed by atoms with Gasteiger partial charge in [0.25, 0.3) is 5.91 Å². The molecule has 7 nitrogen and oxygen atoms in total. The fraction of sp³-hybridized carbons (Fsp3) is 0.150. The molecular weight excluding hydrogens is 384 g/mol. The van der Waals surface area contributed by atoms with E-state index in [9.17, 15) is 14.7 Å². The van der Waals surface area contributed by atoms with Crippen LogP contribution in [0.5, 0.6) is 11.5 Å². The molecule has 0 aromatic heterocycles. The van der Waals surface area contributed by atoms with Crippen molar-refractivity contribution >= 4 is 41.0 Å². The van der Waals surface area contributed by atoms with Crippen LogP contribution in [0.25, 0.3) is 6.08 Å². The fourth-order valence-corrected chi connectivity index (χ4v) is 2.96. The van der Waals surface area contributed by atoms with Crippen LogP contribution in [-0.4, -0.2) is 31.8 Å². The molecule has 2 aromatic carbocycles. The second-order valence-electron chi connectivity index (χ2n) is 5.92. The highest BCUT2D eigenvalue weighted by Gasteiger charge is 2.29. The van der Waals surface area contributed by atoms with E-state index in [0.29, 0.717) is 28.3 Å². The quantitative estimate of drug-likeness (QED) is 0.720. The molecule has 0 saturated carbocycles. The van der Waals surface area contributed by atoms with E-state index in [0.717, 1.165) is 5.01 Å². The monoisotopic (exact) mass is 399 g/mol. The summed E-state index contributed by atoms with van der Waals surface area (Å²) in [6, 6.07) is 9.37. The van der Waals surface area contributed by atoms with Crippen LogP contribution in [0.15, 0.2) is 47.1 Å². The Morgan fingerprint density at radius 2 is 1.93 bits per heavy atom. The number of methoxy groups -OCH3 is 2. The van der Waals surface area contributed by atoms with Crippen molar-refractivity contribution in [3.63, 3.8) is 0 Å². The third-order valence-corrected chi connectivity index (χ3v) is 4.54. The van der Waals surface area contributed by atoms with Gasteiger partial charge < -0.3 is 19.4 Å². The number of carbonyl (C=O) groups excluding carboxylic acids is 2. The van der Waals surface area contributed by atoms with Gasteiger partial charge in [-0.25, -0.2) is 0 Å². The van der Waals surface area contributed by atoms with E-state index < -0.39 is 11.9 Å². The number of carbonyl (C=O) groups is 2. The maximum Gasteiger partial charge on any atom is 0.280 e. The molecule has 0 N–H and O–H groups in total. The Kier molecular flexibility index (Phi) is 5.37. The Bertz CT molecular complexity index is 1030. The number of carboxylic acids is 1. The fourth-order valence-electron chi connectivity index (χ4n) is 2.77. The van der Waals surface area contributed by atoms with E-state index in [1.54, 1.807) is 38.3 Å². The van der Waals surface area contributed by atoms with Crippen molar-refractivity contribution in [1.82, 2.24) is 0 Å². The van der Waals surface area contributed by atoms with Gasteiger partial charge in [0.2, 0.25) is 0 Å². The largest absolute Gasteiger partial charge is 0.545 e. The first-order chi connectivity index (χ1) is 13.3. The highest BCUT2D eigenvalue weighted by Crippen LogP contribution is 2.31. The normalized spacial score (nSPS) is 15.0. The number of benzene rings is 2. The number of amides is 1. The van der Waals surface area contributed by atoms with Gasteiger partial charge in [0.05, 0.1) is 37.2 Å². The van der Waals surface area contributed by atoms with Gasteiger partial charge in [0, 0.05) is 16.1 Å². The lowest BCUT2D eigenvalue weighted by atomic mass is 10.1. The molecular formula is C20H16ClN2O5-. The molecule has 1 amide bonds. The van der Waals surface area contributed by atoms with Crippen molar-refractivity contribution in [2.45, 2.75) is 6.92 Å². The van der Waals surface area contributed by atoms with Crippen LogP contribution in [0.3, 0.4) is 0 Å². The predicted molar refractivity (Wildman–Crippen MR) is 104 cm³/mol. The Hall–Kier alpha value is -3.32. The van der Waals surface area contributed by atoms with Crippen molar-refractivity contribution in [2.75, 3.05) is 19.2 Å². The van der Waals surface area contributed by atoms with E-state index in [1.807, 2.05) is 0 Å². The van der Waals surface area contributed by atoms with Crippen LogP contribution in [0, 0.1) is 0 Å². The molecule has 0 aliphatic carbocycles. The number of aromatic carboxylic acids is 1. The minimum Gasteiger partial charge on any atom is -0.545 e. The van der Waals surface area contributed by atoms with Gasteiger partial charge in [-0.05, 0) is 49.4 Å². The van der Waals surface area contributed by atoms with Crippen LogP contribution in [0.2, 0.25) is 5.02 Å². The minimum absolute atomic E-state index is 0.0213. The first kappa shape index (κ1) is 19.4. The molecule has 0 atom stereocenters. The molecule has 0 radical (unpaired) electrons. The summed E-state index contributed by atoms with van der Waals surface area (Å²) in [6.07, 6.45) is 1.65. The number of hydrogen-bond donors (Lipinski definition) is 0. The van der Waals surface area contributed by atoms with Gasteiger partial charge in [-0.3, -0.25) is 4.79 Å². The first-order valence-corrected chi connectivity index (χ1v) is 8.58. The highest BCUT2D eigenvalue weighted by atomic mass is 35.5. The third-order valence-electron chi connectivity index (χ3n) is 4.21. The average molecular weight is 400 g/mol. The second kappa shape index (κ2) is 7.74. The van der Waals surface area contributed by atoms with Gasteiger partial charge in [-0.15, -0.1) is 0 Å². The average Bonchev–Trinajstić information content (AvgIpc) is 2.96. The SMILES string of the molecule is COc1ccc(OC)c(/C=C2\C(=O)N(c3ccc(Cl)c(C(=O)[O-])c3)N=C2C)c1. The van der Waals surface area contributed by atoms with E-state index in [4.69, 9.17) is 21.1 Å². The summed E-state index contributed by atoms with van der Waals surface area (Å²) in [4.78, 5) is 24.1. The minimum atomic E-state index is -1.43. The van der Waals surface area contributed by atoms with Crippen molar-refractivity contribution < 1.29 is 24.2 Å². The van der Waals surface area contributed by atoms with Gasteiger partial charge in [0.1, 0.15) is 11.5 Å². The van der Waals surface area contributed by atoms with Crippen LogP contribution in [0.1, 0.15) is 22.8 Å². The topological polar surface area (TPSA) is 91.3 Å². The van der Waals surface area contributed by atoms with Crippen LogP contribution in [-0.2, 0) is 4.79 Å². The molecule has 0 saturated heterocycles. The lowest BCUT2D eigenvalue weighted by molar-refractivity contribution is -0.255. The number of ether oxygens (including phenoxy) is 2. The molecule has 3 rings (SSSR count). The Morgan fingerprint density at radius 1 is 1.18 bits per heavy atom. The summed E-state index contributed by atoms with van der Waals surface area (Å²) in [5.41, 5.74) is 1.52. The second-order valence-corrected chi connectivity index (χ2v) is 6.33. The van der Waals surface area contributed by atoms with Crippen molar-refractivity contribution in [3.8, 4) is 11.5 Å². The van der Waals surface area contributed by atoms with Gasteiger partial charge in [-0.1, -0.05) is 11.6 Å². The molecule has 1 heterocycles. The van der Waals surface area contributed by atoms with E-state index in [2.05, 4.69) is 5.10 Å². The van der Waals surface area contributed by atoms with Crippen LogP contribution < -0.4 is 19.6 Å². The molecule has 1 aliphatic rings. The van der Waals surface area contributed by atoms with Crippen LogP contribution in [0.4, 0.5) is 5.69 Å². The molecule has 0 bridgehead atoms. The zero-order chi connectivity index (χ0) is 20.4. The zero-order valence-corrected chi connectivity index (χ0v) is 16.1. The summed E-state index contributed by atoms with van der Waals surface area (Å²) < 4.78 is 10.6. The zero-order valence-electron chi connectivity index (χ0n) is 15.4. The van der Waals surface area contributed by atoms with E-state index in [1.165, 1.54) is 25.3 Å². The molecule has 0 spiro atoms. The molecule has 28 heavy (non-hydrogen) atoms. The number of halogens is 1. The van der Waals surface area contributed by atoms with Gasteiger partial charge >= 0.3 is 0 Å². The molecule has 0 unspecified atom stereocenters. The van der Waals surface area contributed by atoms with Crippen molar-refractivity contribution in [1.29, 1.82) is 0 Å². The molecule has 1 aliphatic heterocycles. The number of carboxylic acid groups (broad SMARTS) is 1. The maximum absolute atomic E-state index is 12.9. The first-order valence-electron chi connectivity index (χ1n) is 8.20. The summed E-state index contributed by atoms with van der Waals surface area (Å²) >= 11 is 5.86.